The van der Waals surface area contributed by atoms with Gasteiger partial charge in [-0.2, -0.15) is 5.10 Å². The predicted octanol–water partition coefficient (Wildman–Crippen LogP) is 6.05. The van der Waals surface area contributed by atoms with Crippen LogP contribution in [0.1, 0.15) is 34.0 Å². The van der Waals surface area contributed by atoms with Crippen molar-refractivity contribution in [3.63, 3.8) is 0 Å². The molecule has 0 heterocycles. The third-order valence-corrected chi connectivity index (χ3v) is 7.28. The molecular formula is C31H30ClN3O5S. The van der Waals surface area contributed by atoms with Crippen molar-refractivity contribution in [3.8, 4) is 11.5 Å². The second-order valence-electron chi connectivity index (χ2n) is 9.03. The smallest absolute Gasteiger partial charge is 0.273 e. The monoisotopic (exact) mass is 591 g/mol. The lowest BCUT2D eigenvalue weighted by Crippen LogP contribution is -2.32. The maximum absolute atomic E-state index is 13.1. The summed E-state index contributed by atoms with van der Waals surface area (Å²) in [6, 6.07) is 28.4. The lowest BCUT2D eigenvalue weighted by molar-refractivity contribution is 0.0955. The molecular weight excluding hydrogens is 562 g/mol. The molecule has 0 atom stereocenters. The van der Waals surface area contributed by atoms with E-state index >= 15 is 0 Å². The number of para-hydroxylation sites is 1. The molecule has 4 rings (SSSR count). The number of amides is 1. The summed E-state index contributed by atoms with van der Waals surface area (Å²) in [5.74, 6) is 0.533. The fourth-order valence-electron chi connectivity index (χ4n) is 4.02. The maximum Gasteiger partial charge on any atom is 0.273 e. The number of hydrogen-bond donors (Lipinski definition) is 1. The van der Waals surface area contributed by atoms with Crippen molar-refractivity contribution in [1.82, 2.24) is 5.43 Å². The lowest BCUT2D eigenvalue weighted by atomic mass is 10.1. The number of sulfonamides is 1. The van der Waals surface area contributed by atoms with Gasteiger partial charge in [-0.1, -0.05) is 66.2 Å². The molecule has 10 heteroatoms. The van der Waals surface area contributed by atoms with E-state index < -0.39 is 15.9 Å². The van der Waals surface area contributed by atoms with Crippen molar-refractivity contribution in [2.75, 3.05) is 17.2 Å². The Hall–Kier alpha value is -4.34. The summed E-state index contributed by atoms with van der Waals surface area (Å²) in [7, 11) is -3.69. The molecule has 0 bridgehead atoms. The second-order valence-corrected chi connectivity index (χ2v) is 11.4. The van der Waals surface area contributed by atoms with Crippen molar-refractivity contribution >= 4 is 39.4 Å². The van der Waals surface area contributed by atoms with E-state index in [1.54, 1.807) is 48.5 Å². The number of hydrazone groups is 1. The number of hydrogen-bond acceptors (Lipinski definition) is 6. The van der Waals surface area contributed by atoms with Gasteiger partial charge in [0.2, 0.25) is 10.0 Å². The number of ether oxygens (including phenoxy) is 2. The summed E-state index contributed by atoms with van der Waals surface area (Å²) < 4.78 is 38.3. The Balaban J connectivity index is 1.49. The molecule has 0 radical (unpaired) electrons. The van der Waals surface area contributed by atoms with Crippen molar-refractivity contribution in [2.24, 2.45) is 5.10 Å². The number of carbonyl (C=O) groups is 1. The fourth-order valence-corrected chi connectivity index (χ4v) is 5.13. The molecule has 0 unspecified atom stereocenters. The molecule has 212 valence electrons. The largest absolute Gasteiger partial charge is 0.490 e. The van der Waals surface area contributed by atoms with Gasteiger partial charge in [-0.05, 0) is 66.1 Å². The van der Waals surface area contributed by atoms with E-state index in [-0.39, 0.29) is 17.8 Å². The van der Waals surface area contributed by atoms with Gasteiger partial charge in [0.15, 0.2) is 11.5 Å². The van der Waals surface area contributed by atoms with Crippen molar-refractivity contribution in [2.45, 2.75) is 20.1 Å². The zero-order valence-electron chi connectivity index (χ0n) is 22.7. The molecule has 0 saturated heterocycles. The first kappa shape index (κ1) is 29.6. The minimum Gasteiger partial charge on any atom is -0.490 e. The summed E-state index contributed by atoms with van der Waals surface area (Å²) in [5, 5.41) is 4.73. The molecule has 0 fully saturated rings. The average Bonchev–Trinajstić information content (AvgIpc) is 2.95. The first-order valence-electron chi connectivity index (χ1n) is 12.8. The molecule has 0 aliphatic carbocycles. The highest BCUT2D eigenvalue weighted by molar-refractivity contribution is 7.92. The quantitative estimate of drug-likeness (QED) is 0.160. The third-order valence-electron chi connectivity index (χ3n) is 5.92. The zero-order valence-corrected chi connectivity index (χ0v) is 24.2. The van der Waals surface area contributed by atoms with Crippen LogP contribution >= 0.6 is 11.6 Å². The van der Waals surface area contributed by atoms with E-state index in [9.17, 15) is 13.2 Å². The van der Waals surface area contributed by atoms with E-state index in [4.69, 9.17) is 21.1 Å². The summed E-state index contributed by atoms with van der Waals surface area (Å²) >= 11 is 6.06. The molecule has 0 aliphatic rings. The molecule has 4 aromatic carbocycles. The Morgan fingerprint density at radius 1 is 0.902 bits per heavy atom. The van der Waals surface area contributed by atoms with Crippen LogP contribution in [-0.4, -0.2) is 33.4 Å². The first-order valence-corrected chi connectivity index (χ1v) is 15.1. The summed E-state index contributed by atoms with van der Waals surface area (Å²) in [6.07, 6.45) is 2.59. The summed E-state index contributed by atoms with van der Waals surface area (Å²) in [6.45, 7) is 2.70. The second kappa shape index (κ2) is 13.8. The molecule has 0 spiro atoms. The average molecular weight is 592 g/mol. The number of anilines is 1. The molecule has 4 aromatic rings. The topological polar surface area (TPSA) is 97.3 Å². The van der Waals surface area contributed by atoms with Crippen molar-refractivity contribution in [3.05, 3.63) is 124 Å². The Bertz CT molecular complexity index is 1630. The van der Waals surface area contributed by atoms with Gasteiger partial charge >= 0.3 is 0 Å². The van der Waals surface area contributed by atoms with Gasteiger partial charge in [0.1, 0.15) is 6.61 Å². The van der Waals surface area contributed by atoms with Gasteiger partial charge in [-0.25, -0.2) is 13.8 Å². The summed E-state index contributed by atoms with van der Waals surface area (Å²) in [4.78, 5) is 13.1. The van der Waals surface area contributed by atoms with Crippen LogP contribution in [0.25, 0.3) is 0 Å². The Morgan fingerprint density at radius 3 is 2.37 bits per heavy atom. The number of nitrogens with zero attached hydrogens (tertiary/aromatic N) is 2. The van der Waals surface area contributed by atoms with Gasteiger partial charge in [0.05, 0.1) is 36.9 Å². The van der Waals surface area contributed by atoms with Crippen LogP contribution in [0.3, 0.4) is 0 Å². The minimum atomic E-state index is -3.69. The van der Waals surface area contributed by atoms with Crippen LogP contribution in [0.5, 0.6) is 11.5 Å². The third kappa shape index (κ3) is 8.33. The number of nitrogens with one attached hydrogen (secondary N) is 1. The number of rotatable bonds is 12. The van der Waals surface area contributed by atoms with Crippen LogP contribution in [-0.2, 0) is 23.2 Å². The predicted molar refractivity (Wildman–Crippen MR) is 162 cm³/mol. The molecule has 0 saturated carbocycles. The van der Waals surface area contributed by atoms with Gasteiger partial charge in [-0.15, -0.1) is 0 Å². The van der Waals surface area contributed by atoms with E-state index in [0.717, 1.165) is 17.4 Å². The Kier molecular flexibility index (Phi) is 10.00. The Labute approximate surface area is 245 Å². The molecule has 8 nitrogen and oxygen atoms in total. The van der Waals surface area contributed by atoms with Gasteiger partial charge in [0.25, 0.3) is 5.91 Å². The number of carbonyl (C=O) groups excluding carboxylic acids is 1. The SMILES string of the molecule is CCOc1cc(/C=N/NC(=O)c2ccccc2N(Cc2ccccc2)S(C)(=O)=O)ccc1OCc1cccc(Cl)c1. The molecule has 1 amide bonds. The maximum atomic E-state index is 13.1. The molecule has 41 heavy (non-hydrogen) atoms. The van der Waals surface area contributed by atoms with E-state index in [2.05, 4.69) is 10.5 Å². The number of benzene rings is 4. The van der Waals surface area contributed by atoms with Crippen LogP contribution in [0, 0.1) is 0 Å². The van der Waals surface area contributed by atoms with Crippen molar-refractivity contribution < 1.29 is 22.7 Å². The van der Waals surface area contributed by atoms with Crippen LogP contribution in [0.2, 0.25) is 5.02 Å². The Morgan fingerprint density at radius 2 is 1.63 bits per heavy atom. The number of halogens is 1. The van der Waals surface area contributed by atoms with Crippen LogP contribution in [0.4, 0.5) is 5.69 Å². The van der Waals surface area contributed by atoms with E-state index in [1.165, 1.54) is 10.5 Å². The molecule has 0 aliphatic heterocycles. The normalized spacial score (nSPS) is 11.3. The van der Waals surface area contributed by atoms with Crippen LogP contribution in [0.15, 0.2) is 102 Å². The first-order chi connectivity index (χ1) is 19.7. The zero-order chi connectivity index (χ0) is 29.2. The lowest BCUT2D eigenvalue weighted by Gasteiger charge is -2.24. The summed E-state index contributed by atoms with van der Waals surface area (Å²) in [5.41, 5.74) is 5.31. The van der Waals surface area contributed by atoms with Crippen molar-refractivity contribution in [1.29, 1.82) is 0 Å². The molecule has 0 aromatic heterocycles. The minimum absolute atomic E-state index is 0.0825. The highest BCUT2D eigenvalue weighted by Crippen LogP contribution is 2.29. The highest BCUT2D eigenvalue weighted by Gasteiger charge is 2.23. The van der Waals surface area contributed by atoms with Gasteiger partial charge in [-0.3, -0.25) is 9.10 Å². The van der Waals surface area contributed by atoms with Crippen LogP contribution < -0.4 is 19.2 Å². The van der Waals surface area contributed by atoms with Gasteiger partial charge in [0, 0.05) is 5.02 Å². The fraction of sp³-hybridized carbons (Fsp3) is 0.161. The highest BCUT2D eigenvalue weighted by atomic mass is 35.5. The van der Waals surface area contributed by atoms with E-state index in [0.29, 0.717) is 35.3 Å². The van der Waals surface area contributed by atoms with E-state index in [1.807, 2.05) is 55.5 Å². The van der Waals surface area contributed by atoms with Gasteiger partial charge < -0.3 is 9.47 Å². The molecule has 1 N–H and O–H groups in total. The standard InChI is InChI=1S/C31H30ClN3O5S/c1-3-39-30-19-24(16-17-29(30)40-22-25-12-9-13-26(32)18-25)20-33-34-31(36)27-14-7-8-15-28(27)35(41(2,37)38)21-23-10-5-4-6-11-23/h4-20H,3,21-22H2,1-2H3,(H,34,36)/b33-20+.